The van der Waals surface area contributed by atoms with Gasteiger partial charge in [-0.3, -0.25) is 19.5 Å². The Morgan fingerprint density at radius 3 is 2.56 bits per heavy atom. The molecule has 0 aliphatic rings. The SMILES string of the molecule is CCC(C)OP(=O)(O)CNC(=O)c1cc(Oc2ccc(C(F)(F)F)cn2)ccc1[N+](=O)[O-]. The Morgan fingerprint density at radius 2 is 2.03 bits per heavy atom. The summed E-state index contributed by atoms with van der Waals surface area (Å²) in [4.78, 5) is 36.1. The highest BCUT2D eigenvalue weighted by Crippen LogP contribution is 2.42. The smallest absolute Gasteiger partial charge is 0.417 e. The van der Waals surface area contributed by atoms with Crippen LogP contribution in [0.15, 0.2) is 36.5 Å². The van der Waals surface area contributed by atoms with Gasteiger partial charge < -0.3 is 19.5 Å². The third-order valence-electron chi connectivity index (χ3n) is 4.05. The molecule has 2 atom stereocenters. The fourth-order valence-electron chi connectivity index (χ4n) is 2.31. The van der Waals surface area contributed by atoms with Crippen LogP contribution in [-0.4, -0.2) is 33.1 Å². The van der Waals surface area contributed by atoms with Gasteiger partial charge in [-0.1, -0.05) is 6.92 Å². The number of aromatic nitrogens is 1. The molecule has 32 heavy (non-hydrogen) atoms. The third-order valence-corrected chi connectivity index (χ3v) is 5.30. The lowest BCUT2D eigenvalue weighted by molar-refractivity contribution is -0.385. The van der Waals surface area contributed by atoms with Crippen LogP contribution in [0.2, 0.25) is 0 Å². The van der Waals surface area contributed by atoms with Crippen molar-refractivity contribution in [1.82, 2.24) is 10.3 Å². The van der Waals surface area contributed by atoms with Crippen LogP contribution in [-0.2, 0) is 15.3 Å². The number of nitro benzene ring substituents is 1. The molecule has 2 unspecified atom stereocenters. The number of nitrogens with zero attached hydrogens (tertiary/aromatic N) is 2. The van der Waals surface area contributed by atoms with Crippen molar-refractivity contribution in [1.29, 1.82) is 0 Å². The first-order chi connectivity index (χ1) is 14.8. The van der Waals surface area contributed by atoms with E-state index >= 15 is 0 Å². The molecule has 1 aromatic carbocycles. The van der Waals surface area contributed by atoms with E-state index in [1.54, 1.807) is 13.8 Å². The van der Waals surface area contributed by atoms with Crippen molar-refractivity contribution < 1.29 is 41.6 Å². The molecule has 0 spiro atoms. The van der Waals surface area contributed by atoms with E-state index in [0.717, 1.165) is 30.3 Å². The average Bonchev–Trinajstić information content (AvgIpc) is 2.71. The first kappa shape index (κ1) is 25.2. The molecular weight excluding hydrogens is 458 g/mol. The van der Waals surface area contributed by atoms with Crippen molar-refractivity contribution >= 4 is 19.2 Å². The van der Waals surface area contributed by atoms with Crippen molar-refractivity contribution in [2.24, 2.45) is 0 Å². The molecule has 174 valence electrons. The Hall–Kier alpha value is -3.02. The number of alkyl halides is 3. The standard InChI is InChI=1S/C18H19F3N3O7P/c1-3-11(2)31-32(28,29)10-23-17(25)14-8-13(5-6-15(14)24(26)27)30-16-7-4-12(9-22-16)18(19,20)21/h4-9,11H,3,10H2,1-2H3,(H,23,25)(H,28,29). The highest BCUT2D eigenvalue weighted by molar-refractivity contribution is 7.52. The number of ether oxygens (including phenoxy) is 1. The fourth-order valence-corrected chi connectivity index (χ4v) is 3.44. The number of halogens is 3. The van der Waals surface area contributed by atoms with E-state index in [0.29, 0.717) is 12.6 Å². The molecule has 2 N–H and O–H groups in total. The van der Waals surface area contributed by atoms with Crippen LogP contribution in [0, 0.1) is 10.1 Å². The molecule has 0 saturated heterocycles. The number of amides is 1. The maximum Gasteiger partial charge on any atom is 0.417 e. The van der Waals surface area contributed by atoms with Gasteiger partial charge in [-0.15, -0.1) is 0 Å². The maximum atomic E-state index is 12.6. The van der Waals surface area contributed by atoms with Crippen LogP contribution in [0.3, 0.4) is 0 Å². The number of nitrogens with one attached hydrogen (secondary N) is 1. The Kier molecular flexibility index (Phi) is 7.94. The molecule has 0 radical (unpaired) electrons. The molecule has 0 fully saturated rings. The second-order valence-corrected chi connectivity index (χ2v) is 8.35. The van der Waals surface area contributed by atoms with Crippen LogP contribution >= 0.6 is 7.60 Å². The molecular formula is C18H19F3N3O7P. The van der Waals surface area contributed by atoms with Crippen molar-refractivity contribution in [2.45, 2.75) is 32.5 Å². The van der Waals surface area contributed by atoms with Crippen LogP contribution in [0.5, 0.6) is 11.6 Å². The number of hydrogen-bond acceptors (Lipinski definition) is 7. The molecule has 1 amide bonds. The van der Waals surface area contributed by atoms with Crippen molar-refractivity contribution in [3.05, 3.63) is 57.8 Å². The van der Waals surface area contributed by atoms with Gasteiger partial charge in [0.25, 0.3) is 11.6 Å². The topological polar surface area (TPSA) is 141 Å². The number of carbonyl (C=O) groups excluding carboxylic acids is 1. The van der Waals surface area contributed by atoms with Gasteiger partial charge >= 0.3 is 13.8 Å². The summed E-state index contributed by atoms with van der Waals surface area (Å²) in [6, 6.07) is 4.71. The van der Waals surface area contributed by atoms with Crippen molar-refractivity contribution in [2.75, 3.05) is 6.29 Å². The zero-order valence-electron chi connectivity index (χ0n) is 16.8. The monoisotopic (exact) mass is 477 g/mol. The summed E-state index contributed by atoms with van der Waals surface area (Å²) in [6.45, 7) is 3.29. The summed E-state index contributed by atoms with van der Waals surface area (Å²) in [7, 11) is -4.20. The van der Waals surface area contributed by atoms with Gasteiger partial charge in [0.1, 0.15) is 17.6 Å². The quantitative estimate of drug-likeness (QED) is 0.306. The molecule has 10 nitrogen and oxygen atoms in total. The van der Waals surface area contributed by atoms with Crippen LogP contribution < -0.4 is 10.1 Å². The van der Waals surface area contributed by atoms with E-state index in [2.05, 4.69) is 10.3 Å². The number of carbonyl (C=O) groups is 1. The van der Waals surface area contributed by atoms with Gasteiger partial charge in [0, 0.05) is 24.4 Å². The second-order valence-electron chi connectivity index (χ2n) is 6.55. The summed E-state index contributed by atoms with van der Waals surface area (Å²) in [5, 5.41) is 13.4. The normalized spacial score (nSPS) is 14.3. The largest absolute Gasteiger partial charge is 0.439 e. The Bertz CT molecular complexity index is 1030. The molecule has 14 heteroatoms. The predicted octanol–water partition coefficient (Wildman–Crippen LogP) is 4.49. The van der Waals surface area contributed by atoms with E-state index in [4.69, 9.17) is 9.26 Å². The molecule has 1 aromatic heterocycles. The van der Waals surface area contributed by atoms with Gasteiger partial charge in [-0.25, -0.2) is 4.98 Å². The zero-order chi connectivity index (χ0) is 24.1. The lowest BCUT2D eigenvalue weighted by atomic mass is 10.1. The summed E-state index contributed by atoms with van der Waals surface area (Å²) in [6.07, 6.45) is -4.94. The van der Waals surface area contributed by atoms with Gasteiger partial charge in [-0.2, -0.15) is 13.2 Å². The first-order valence-corrected chi connectivity index (χ1v) is 10.9. The highest BCUT2D eigenvalue weighted by Gasteiger charge is 2.31. The van der Waals surface area contributed by atoms with Gasteiger partial charge in [0.15, 0.2) is 0 Å². The number of hydrogen-bond donors (Lipinski definition) is 2. The lowest BCUT2D eigenvalue weighted by Gasteiger charge is -2.17. The van der Waals surface area contributed by atoms with E-state index in [9.17, 15) is 37.5 Å². The second kappa shape index (κ2) is 10.1. The van der Waals surface area contributed by atoms with Crippen LogP contribution in [0.4, 0.5) is 18.9 Å². The Morgan fingerprint density at radius 1 is 1.34 bits per heavy atom. The molecule has 0 aliphatic carbocycles. The Labute approximate surface area is 180 Å². The van der Waals surface area contributed by atoms with E-state index in [1.165, 1.54) is 0 Å². The molecule has 0 bridgehead atoms. The molecule has 2 aromatic rings. The van der Waals surface area contributed by atoms with Crippen molar-refractivity contribution in [3.8, 4) is 11.6 Å². The lowest BCUT2D eigenvalue weighted by Crippen LogP contribution is -2.26. The van der Waals surface area contributed by atoms with E-state index < -0.39 is 53.8 Å². The molecule has 2 rings (SSSR count). The number of benzene rings is 1. The van der Waals surface area contributed by atoms with Crippen LogP contribution in [0.1, 0.15) is 36.2 Å². The minimum atomic E-state index is -4.59. The minimum absolute atomic E-state index is 0.129. The fraction of sp³-hybridized carbons (Fsp3) is 0.333. The average molecular weight is 477 g/mol. The third kappa shape index (κ3) is 7.01. The first-order valence-electron chi connectivity index (χ1n) is 9.10. The van der Waals surface area contributed by atoms with E-state index in [-0.39, 0.29) is 11.6 Å². The Balaban J connectivity index is 2.21. The summed E-state index contributed by atoms with van der Waals surface area (Å²) < 4.78 is 60.1. The molecule has 1 heterocycles. The predicted molar refractivity (Wildman–Crippen MR) is 105 cm³/mol. The molecule has 0 saturated carbocycles. The maximum absolute atomic E-state index is 12.6. The number of rotatable bonds is 9. The molecule has 0 aliphatic heterocycles. The van der Waals surface area contributed by atoms with E-state index in [1.807, 2.05) is 0 Å². The van der Waals surface area contributed by atoms with Gasteiger partial charge in [-0.05, 0) is 25.5 Å². The zero-order valence-corrected chi connectivity index (χ0v) is 17.7. The number of nitro groups is 1. The summed E-state index contributed by atoms with van der Waals surface area (Å²) in [5.74, 6) is -1.43. The highest BCUT2D eigenvalue weighted by atomic mass is 31.2. The summed E-state index contributed by atoms with van der Waals surface area (Å²) in [5.41, 5.74) is -2.12. The van der Waals surface area contributed by atoms with Gasteiger partial charge in [0.2, 0.25) is 5.88 Å². The number of pyridine rings is 1. The summed E-state index contributed by atoms with van der Waals surface area (Å²) >= 11 is 0. The van der Waals surface area contributed by atoms with Crippen molar-refractivity contribution in [3.63, 3.8) is 0 Å². The van der Waals surface area contributed by atoms with Crippen LogP contribution in [0.25, 0.3) is 0 Å². The minimum Gasteiger partial charge on any atom is -0.439 e. The van der Waals surface area contributed by atoms with Gasteiger partial charge in [0.05, 0.1) is 16.6 Å².